The zero-order chi connectivity index (χ0) is 23.3. The quantitative estimate of drug-likeness (QED) is 0.287. The largest absolute Gasteiger partial charge is 0.475 e. The van der Waals surface area contributed by atoms with Crippen LogP contribution in [-0.2, 0) is 10.0 Å². The lowest BCUT2D eigenvalue weighted by Gasteiger charge is -2.09. The number of benzene rings is 2. The minimum absolute atomic E-state index is 0.116. The minimum Gasteiger partial charge on any atom is -0.475 e. The summed E-state index contributed by atoms with van der Waals surface area (Å²) in [7, 11) is -4.26. The van der Waals surface area contributed by atoms with Crippen LogP contribution in [0.2, 0.25) is 0 Å². The van der Waals surface area contributed by atoms with Crippen molar-refractivity contribution in [2.24, 2.45) is 0 Å². The Morgan fingerprint density at radius 1 is 0.969 bits per heavy atom. The third kappa shape index (κ3) is 5.19. The lowest BCUT2D eigenvalue weighted by molar-refractivity contribution is -0.395. The first-order chi connectivity index (χ1) is 15.2. The molecule has 0 radical (unpaired) electrons. The molecule has 13 heteroatoms. The van der Waals surface area contributed by atoms with Crippen molar-refractivity contribution in [3.8, 4) is 17.1 Å². The van der Waals surface area contributed by atoms with Gasteiger partial charge >= 0.3 is 0 Å². The number of rotatable bonds is 9. The van der Waals surface area contributed by atoms with Crippen molar-refractivity contribution >= 4 is 21.4 Å². The van der Waals surface area contributed by atoms with Gasteiger partial charge in [-0.05, 0) is 13.0 Å². The van der Waals surface area contributed by atoms with Gasteiger partial charge in [-0.15, -0.1) is 10.2 Å². The van der Waals surface area contributed by atoms with Crippen LogP contribution in [0.15, 0.2) is 59.5 Å². The number of hydrogen-bond donors (Lipinski definition) is 1. The summed E-state index contributed by atoms with van der Waals surface area (Å²) in [5.74, 6) is 0.172. The fourth-order valence-electron chi connectivity index (χ4n) is 2.77. The van der Waals surface area contributed by atoms with E-state index < -0.39 is 36.1 Å². The second kappa shape index (κ2) is 9.45. The van der Waals surface area contributed by atoms with Crippen LogP contribution in [-0.4, -0.2) is 41.6 Å². The molecule has 3 rings (SSSR count). The lowest BCUT2D eigenvalue weighted by Crippen LogP contribution is -2.28. The van der Waals surface area contributed by atoms with E-state index in [9.17, 15) is 28.6 Å². The maximum Gasteiger partial charge on any atom is 0.280 e. The van der Waals surface area contributed by atoms with E-state index in [1.807, 2.05) is 30.3 Å². The van der Waals surface area contributed by atoms with Crippen molar-refractivity contribution in [1.82, 2.24) is 14.9 Å². The molecule has 1 N–H and O–H groups in total. The number of sulfonamides is 1. The van der Waals surface area contributed by atoms with E-state index in [4.69, 9.17) is 4.74 Å². The molecule has 3 aromatic rings. The standard InChI is InChI=1S/C19H17N5O7S/c1-13-17(23(25)26)11-15(12-18(13)24(27)28)32(29,30)20-9-10-31-19-8-7-16(21-22-19)14-5-3-2-4-6-14/h2-8,11-12,20H,9-10H2,1H3. The molecule has 0 saturated carbocycles. The maximum absolute atomic E-state index is 12.5. The van der Waals surface area contributed by atoms with Crippen molar-refractivity contribution in [3.05, 3.63) is 80.4 Å². The molecule has 0 fully saturated rings. The van der Waals surface area contributed by atoms with Gasteiger partial charge in [0.1, 0.15) is 12.2 Å². The summed E-state index contributed by atoms with van der Waals surface area (Å²) in [4.78, 5) is 19.9. The predicted molar refractivity (Wildman–Crippen MR) is 113 cm³/mol. The summed E-state index contributed by atoms with van der Waals surface area (Å²) < 4.78 is 32.5. The second-order valence-corrected chi connectivity index (χ2v) is 8.24. The van der Waals surface area contributed by atoms with Crippen LogP contribution in [0.3, 0.4) is 0 Å². The maximum atomic E-state index is 12.5. The van der Waals surface area contributed by atoms with Gasteiger partial charge < -0.3 is 4.74 Å². The van der Waals surface area contributed by atoms with Crippen LogP contribution >= 0.6 is 0 Å². The Labute approximate surface area is 182 Å². The molecule has 32 heavy (non-hydrogen) atoms. The molecule has 0 spiro atoms. The van der Waals surface area contributed by atoms with Crippen molar-refractivity contribution in [1.29, 1.82) is 0 Å². The van der Waals surface area contributed by atoms with Crippen LogP contribution in [0, 0.1) is 27.2 Å². The van der Waals surface area contributed by atoms with Gasteiger partial charge in [0.2, 0.25) is 15.9 Å². The number of ether oxygens (including phenoxy) is 1. The van der Waals surface area contributed by atoms with E-state index in [1.54, 1.807) is 12.1 Å². The summed E-state index contributed by atoms with van der Waals surface area (Å²) in [6.07, 6.45) is 0. The van der Waals surface area contributed by atoms with Gasteiger partial charge in [0, 0.05) is 30.3 Å². The Kier molecular flexibility index (Phi) is 6.70. The van der Waals surface area contributed by atoms with E-state index in [0.29, 0.717) is 5.69 Å². The molecule has 0 amide bonds. The number of hydrogen-bond acceptors (Lipinski definition) is 9. The summed E-state index contributed by atoms with van der Waals surface area (Å²) in [6.45, 7) is 0.854. The first-order valence-electron chi connectivity index (χ1n) is 9.14. The fraction of sp³-hybridized carbons (Fsp3) is 0.158. The molecule has 1 aromatic heterocycles. The van der Waals surface area contributed by atoms with Gasteiger partial charge in [-0.2, -0.15) is 0 Å². The van der Waals surface area contributed by atoms with Crippen LogP contribution in [0.5, 0.6) is 5.88 Å². The van der Waals surface area contributed by atoms with Gasteiger partial charge in [-0.25, -0.2) is 13.1 Å². The highest BCUT2D eigenvalue weighted by molar-refractivity contribution is 7.89. The van der Waals surface area contributed by atoms with Crippen LogP contribution in [0.4, 0.5) is 11.4 Å². The number of nitro benzene ring substituents is 2. The summed E-state index contributed by atoms with van der Waals surface area (Å²) in [6, 6.07) is 14.2. The first-order valence-corrected chi connectivity index (χ1v) is 10.6. The fourth-order valence-corrected chi connectivity index (χ4v) is 3.82. The Balaban J connectivity index is 1.64. The highest BCUT2D eigenvalue weighted by atomic mass is 32.2. The average Bonchev–Trinajstić information content (AvgIpc) is 2.77. The Bertz CT molecular complexity index is 1210. The Morgan fingerprint density at radius 3 is 2.12 bits per heavy atom. The van der Waals surface area contributed by atoms with Crippen molar-refractivity contribution in [2.75, 3.05) is 13.2 Å². The molecule has 12 nitrogen and oxygen atoms in total. The second-order valence-electron chi connectivity index (χ2n) is 6.47. The smallest absolute Gasteiger partial charge is 0.280 e. The van der Waals surface area contributed by atoms with Crippen molar-refractivity contribution in [3.63, 3.8) is 0 Å². The molecule has 0 atom stereocenters. The number of nitrogens with one attached hydrogen (secondary N) is 1. The van der Waals surface area contributed by atoms with E-state index in [-0.39, 0.29) is 24.6 Å². The normalized spacial score (nSPS) is 11.2. The molecular weight excluding hydrogens is 442 g/mol. The molecule has 0 aliphatic heterocycles. The van der Waals surface area contributed by atoms with Gasteiger partial charge in [0.25, 0.3) is 11.4 Å². The van der Waals surface area contributed by atoms with E-state index >= 15 is 0 Å². The molecule has 2 aromatic carbocycles. The molecule has 0 aliphatic carbocycles. The molecule has 0 bridgehead atoms. The van der Waals surface area contributed by atoms with Crippen molar-refractivity contribution < 1.29 is 23.0 Å². The number of aromatic nitrogens is 2. The minimum atomic E-state index is -4.26. The Morgan fingerprint density at radius 2 is 1.59 bits per heavy atom. The third-order valence-electron chi connectivity index (χ3n) is 4.38. The first kappa shape index (κ1) is 22.7. The predicted octanol–water partition coefficient (Wildman–Crippen LogP) is 2.63. The molecule has 0 aliphatic rings. The topological polar surface area (TPSA) is 167 Å². The van der Waals surface area contributed by atoms with Gasteiger partial charge in [-0.3, -0.25) is 20.2 Å². The van der Waals surface area contributed by atoms with E-state index in [0.717, 1.165) is 17.7 Å². The van der Waals surface area contributed by atoms with Crippen LogP contribution in [0.25, 0.3) is 11.3 Å². The summed E-state index contributed by atoms with van der Waals surface area (Å²) >= 11 is 0. The van der Waals surface area contributed by atoms with E-state index in [1.165, 1.54) is 6.92 Å². The number of nitrogens with zero attached hydrogens (tertiary/aromatic N) is 4. The van der Waals surface area contributed by atoms with Gasteiger partial charge in [0.05, 0.1) is 20.4 Å². The highest BCUT2D eigenvalue weighted by Gasteiger charge is 2.27. The molecular formula is C19H17N5O7S. The molecule has 0 unspecified atom stereocenters. The summed E-state index contributed by atoms with van der Waals surface area (Å²) in [5.41, 5.74) is -0.0455. The Hall–Kier alpha value is -3.97. The zero-order valence-electron chi connectivity index (χ0n) is 16.7. The van der Waals surface area contributed by atoms with Crippen LogP contribution < -0.4 is 9.46 Å². The average molecular weight is 459 g/mol. The number of nitro groups is 2. The lowest BCUT2D eigenvalue weighted by atomic mass is 10.1. The zero-order valence-corrected chi connectivity index (χ0v) is 17.5. The van der Waals surface area contributed by atoms with E-state index in [2.05, 4.69) is 14.9 Å². The highest BCUT2D eigenvalue weighted by Crippen LogP contribution is 2.31. The van der Waals surface area contributed by atoms with Crippen molar-refractivity contribution in [2.45, 2.75) is 11.8 Å². The molecule has 166 valence electrons. The van der Waals surface area contributed by atoms with Crippen LogP contribution in [0.1, 0.15) is 5.56 Å². The third-order valence-corrected chi connectivity index (χ3v) is 5.82. The SMILES string of the molecule is Cc1c([N+](=O)[O-])cc(S(=O)(=O)NCCOc2ccc(-c3ccccc3)nn2)cc1[N+](=O)[O-]. The van der Waals surface area contributed by atoms with Gasteiger partial charge in [-0.1, -0.05) is 30.3 Å². The van der Waals surface area contributed by atoms with Gasteiger partial charge in [0.15, 0.2) is 0 Å². The monoisotopic (exact) mass is 459 g/mol. The summed E-state index contributed by atoms with van der Waals surface area (Å²) in [5, 5.41) is 30.2. The molecule has 1 heterocycles. The molecule has 0 saturated heterocycles.